The van der Waals surface area contributed by atoms with Crippen molar-refractivity contribution in [3.05, 3.63) is 42.2 Å². The van der Waals surface area contributed by atoms with Gasteiger partial charge in [0.25, 0.3) is 10.0 Å². The molecule has 0 unspecified atom stereocenters. The third-order valence-corrected chi connectivity index (χ3v) is 3.94. The van der Waals surface area contributed by atoms with E-state index in [-0.39, 0.29) is 16.1 Å². The summed E-state index contributed by atoms with van der Waals surface area (Å²) in [6, 6.07) is 5.43. The highest BCUT2D eigenvalue weighted by Gasteiger charge is 2.19. The number of aromatic carboxylic acids is 1. The molecular formula is C12H12N2O5S. The Morgan fingerprint density at radius 2 is 2.10 bits per heavy atom. The van der Waals surface area contributed by atoms with Gasteiger partial charge in [0.05, 0.1) is 18.4 Å². The number of hydrogen-bond donors (Lipinski definition) is 3. The second-order valence-electron chi connectivity index (χ2n) is 3.87. The molecule has 0 atom stereocenters. The fraction of sp³-hybridized carbons (Fsp3) is 0.0833. The number of methoxy groups -OCH3 is 1. The van der Waals surface area contributed by atoms with E-state index < -0.39 is 16.0 Å². The summed E-state index contributed by atoms with van der Waals surface area (Å²) in [5, 5.41) is 9.12. The van der Waals surface area contributed by atoms with Crippen LogP contribution >= 0.6 is 0 Å². The summed E-state index contributed by atoms with van der Waals surface area (Å²) in [7, 11) is -2.44. The molecule has 0 aliphatic rings. The topological polar surface area (TPSA) is 108 Å². The highest BCUT2D eigenvalue weighted by Crippen LogP contribution is 2.24. The Bertz CT molecular complexity index is 722. The molecule has 7 nitrogen and oxygen atoms in total. The predicted octanol–water partition coefficient (Wildman–Crippen LogP) is 1.52. The van der Waals surface area contributed by atoms with Crippen LogP contribution in [-0.4, -0.2) is 31.6 Å². The lowest BCUT2D eigenvalue weighted by atomic mass is 10.2. The summed E-state index contributed by atoms with van der Waals surface area (Å²) in [5.41, 5.74) is -0.219. The van der Waals surface area contributed by atoms with Crippen molar-refractivity contribution in [1.29, 1.82) is 0 Å². The largest absolute Gasteiger partial charge is 0.497 e. The number of H-pyrrole nitrogens is 1. The van der Waals surface area contributed by atoms with Crippen LogP contribution in [0.4, 0.5) is 5.69 Å². The Balaban J connectivity index is 2.41. The van der Waals surface area contributed by atoms with Gasteiger partial charge in [-0.05, 0) is 24.3 Å². The number of aromatic amines is 1. The van der Waals surface area contributed by atoms with E-state index in [1.165, 1.54) is 43.8 Å². The molecule has 8 heteroatoms. The smallest absolute Gasteiger partial charge is 0.337 e. The van der Waals surface area contributed by atoms with Crippen molar-refractivity contribution in [3.63, 3.8) is 0 Å². The monoisotopic (exact) mass is 296 g/mol. The summed E-state index contributed by atoms with van der Waals surface area (Å²) < 4.78 is 31.2. The first kappa shape index (κ1) is 13.9. The quantitative estimate of drug-likeness (QED) is 0.775. The fourth-order valence-electron chi connectivity index (χ4n) is 1.60. The van der Waals surface area contributed by atoms with Gasteiger partial charge in [-0.3, -0.25) is 4.72 Å². The molecule has 2 rings (SSSR count). The maximum absolute atomic E-state index is 12.0. The number of nitrogens with one attached hydrogen (secondary N) is 2. The van der Waals surface area contributed by atoms with E-state index >= 15 is 0 Å². The van der Waals surface area contributed by atoms with Crippen LogP contribution in [0.1, 0.15) is 10.4 Å². The van der Waals surface area contributed by atoms with Gasteiger partial charge in [-0.15, -0.1) is 0 Å². The van der Waals surface area contributed by atoms with Crippen LogP contribution in [0.3, 0.4) is 0 Å². The maximum Gasteiger partial charge on any atom is 0.337 e. The van der Waals surface area contributed by atoms with Crippen LogP contribution in [0.5, 0.6) is 5.75 Å². The number of carbonyl (C=O) groups is 1. The first-order valence-electron chi connectivity index (χ1n) is 5.51. The number of carboxylic acid groups (broad SMARTS) is 1. The molecule has 0 amide bonds. The fourth-order valence-corrected chi connectivity index (χ4v) is 2.65. The second kappa shape index (κ2) is 5.25. The van der Waals surface area contributed by atoms with Crippen LogP contribution in [0.25, 0.3) is 0 Å². The molecule has 1 aromatic carbocycles. The van der Waals surface area contributed by atoms with Crippen molar-refractivity contribution in [2.24, 2.45) is 0 Å². The Labute approximate surface area is 115 Å². The average Bonchev–Trinajstić information content (AvgIpc) is 2.93. The summed E-state index contributed by atoms with van der Waals surface area (Å²) in [6.07, 6.45) is 2.76. The van der Waals surface area contributed by atoms with E-state index in [4.69, 9.17) is 9.84 Å². The van der Waals surface area contributed by atoms with Crippen molar-refractivity contribution >= 4 is 21.7 Å². The highest BCUT2D eigenvalue weighted by molar-refractivity contribution is 7.92. The van der Waals surface area contributed by atoms with Gasteiger partial charge in [0.1, 0.15) is 10.6 Å². The Kier molecular flexibility index (Phi) is 3.66. The van der Waals surface area contributed by atoms with Crippen LogP contribution in [0, 0.1) is 0 Å². The molecule has 1 heterocycles. The van der Waals surface area contributed by atoms with E-state index in [1.54, 1.807) is 0 Å². The zero-order valence-corrected chi connectivity index (χ0v) is 11.3. The standard InChI is InChI=1S/C12H12N2O5S/c1-19-8-2-3-11(10(6-8)12(15)16)14-20(17,18)9-4-5-13-7-9/h2-7,13-14H,1H3,(H,15,16). The summed E-state index contributed by atoms with van der Waals surface area (Å²) in [4.78, 5) is 13.8. The second-order valence-corrected chi connectivity index (χ2v) is 5.55. The molecule has 106 valence electrons. The maximum atomic E-state index is 12.0. The number of sulfonamides is 1. The number of hydrogen-bond acceptors (Lipinski definition) is 4. The van der Waals surface area contributed by atoms with E-state index in [2.05, 4.69) is 9.71 Å². The van der Waals surface area contributed by atoms with Crippen LogP contribution in [-0.2, 0) is 10.0 Å². The number of carboxylic acids is 1. The molecule has 0 aliphatic carbocycles. The molecule has 20 heavy (non-hydrogen) atoms. The van der Waals surface area contributed by atoms with Gasteiger partial charge in [0.2, 0.25) is 0 Å². The van der Waals surface area contributed by atoms with Crippen molar-refractivity contribution in [2.75, 3.05) is 11.8 Å². The number of anilines is 1. The summed E-state index contributed by atoms with van der Waals surface area (Å²) in [5.74, 6) is -0.928. The van der Waals surface area contributed by atoms with Gasteiger partial charge in [-0.2, -0.15) is 0 Å². The molecule has 0 spiro atoms. The van der Waals surface area contributed by atoms with E-state index in [0.717, 1.165) is 0 Å². The van der Waals surface area contributed by atoms with Crippen molar-refractivity contribution in [1.82, 2.24) is 4.98 Å². The minimum Gasteiger partial charge on any atom is -0.497 e. The van der Waals surface area contributed by atoms with E-state index in [9.17, 15) is 13.2 Å². The van der Waals surface area contributed by atoms with Crippen LogP contribution < -0.4 is 9.46 Å². The molecule has 0 saturated heterocycles. The Hall–Kier alpha value is -2.48. The van der Waals surface area contributed by atoms with Gasteiger partial charge in [-0.25, -0.2) is 13.2 Å². The number of rotatable bonds is 5. The van der Waals surface area contributed by atoms with Crippen LogP contribution in [0.15, 0.2) is 41.6 Å². The third kappa shape index (κ3) is 2.75. The van der Waals surface area contributed by atoms with Gasteiger partial charge >= 0.3 is 5.97 Å². The van der Waals surface area contributed by atoms with Crippen LogP contribution in [0.2, 0.25) is 0 Å². The zero-order valence-electron chi connectivity index (χ0n) is 10.5. The highest BCUT2D eigenvalue weighted by atomic mass is 32.2. The van der Waals surface area contributed by atoms with Gasteiger partial charge < -0.3 is 14.8 Å². The van der Waals surface area contributed by atoms with E-state index in [1.807, 2.05) is 0 Å². The first-order chi connectivity index (χ1) is 9.44. The summed E-state index contributed by atoms with van der Waals surface area (Å²) in [6.45, 7) is 0. The molecule has 0 saturated carbocycles. The Morgan fingerprint density at radius 3 is 2.65 bits per heavy atom. The molecule has 0 fully saturated rings. The molecule has 2 aromatic rings. The molecule has 3 N–H and O–H groups in total. The summed E-state index contributed by atoms with van der Waals surface area (Å²) >= 11 is 0. The predicted molar refractivity (Wildman–Crippen MR) is 71.6 cm³/mol. The lowest BCUT2D eigenvalue weighted by Crippen LogP contribution is -2.15. The van der Waals surface area contributed by atoms with Crippen molar-refractivity contribution in [2.45, 2.75) is 4.90 Å². The third-order valence-electron chi connectivity index (χ3n) is 2.58. The average molecular weight is 296 g/mol. The normalized spacial score (nSPS) is 11.1. The van der Waals surface area contributed by atoms with Crippen molar-refractivity contribution in [3.8, 4) is 5.75 Å². The molecule has 1 aromatic heterocycles. The molecule has 0 radical (unpaired) electrons. The minimum absolute atomic E-state index is 0.0182. The molecular weight excluding hydrogens is 284 g/mol. The number of aromatic nitrogens is 1. The molecule has 0 bridgehead atoms. The first-order valence-corrected chi connectivity index (χ1v) is 6.99. The SMILES string of the molecule is COc1ccc(NS(=O)(=O)c2cc[nH]c2)c(C(=O)O)c1. The molecule has 0 aliphatic heterocycles. The lowest BCUT2D eigenvalue weighted by molar-refractivity contribution is 0.0697. The Morgan fingerprint density at radius 1 is 1.35 bits per heavy atom. The van der Waals surface area contributed by atoms with E-state index in [0.29, 0.717) is 5.75 Å². The number of benzene rings is 1. The minimum atomic E-state index is -3.83. The lowest BCUT2D eigenvalue weighted by Gasteiger charge is -2.10. The van der Waals surface area contributed by atoms with Gasteiger partial charge in [0.15, 0.2) is 0 Å². The van der Waals surface area contributed by atoms with Gasteiger partial charge in [-0.1, -0.05) is 0 Å². The number of ether oxygens (including phenoxy) is 1. The van der Waals surface area contributed by atoms with Gasteiger partial charge in [0, 0.05) is 12.4 Å². The van der Waals surface area contributed by atoms with Crippen molar-refractivity contribution < 1.29 is 23.1 Å². The zero-order chi connectivity index (χ0) is 14.8.